The van der Waals surface area contributed by atoms with E-state index in [-0.39, 0.29) is 13.0 Å². The molecule has 0 heterocycles. The van der Waals surface area contributed by atoms with E-state index in [0.717, 1.165) is 5.56 Å². The third-order valence-electron chi connectivity index (χ3n) is 2.30. The van der Waals surface area contributed by atoms with Crippen molar-refractivity contribution in [3.8, 4) is 0 Å². The lowest BCUT2D eigenvalue weighted by Crippen LogP contribution is -2.17. The van der Waals surface area contributed by atoms with Crippen molar-refractivity contribution in [2.24, 2.45) is 5.73 Å². The lowest BCUT2D eigenvalue weighted by molar-refractivity contribution is -0.137. The highest BCUT2D eigenvalue weighted by atomic mass is 19.1. The molecule has 82 valence electrons. The number of carboxylic acid groups (broad SMARTS) is 1. The molecule has 1 aromatic rings. The molecule has 1 atom stereocenters. The third-order valence-corrected chi connectivity index (χ3v) is 2.30. The van der Waals surface area contributed by atoms with Crippen molar-refractivity contribution >= 4 is 5.97 Å². The van der Waals surface area contributed by atoms with Crippen LogP contribution in [0.25, 0.3) is 0 Å². The van der Waals surface area contributed by atoms with E-state index in [1.165, 1.54) is 6.07 Å². The molecule has 0 bridgehead atoms. The second kappa shape index (κ2) is 4.89. The number of rotatable bonds is 4. The summed E-state index contributed by atoms with van der Waals surface area (Å²) in [5, 5.41) is 8.66. The zero-order chi connectivity index (χ0) is 11.4. The van der Waals surface area contributed by atoms with Crippen LogP contribution in [0, 0.1) is 12.7 Å². The Morgan fingerprint density at radius 1 is 1.60 bits per heavy atom. The molecule has 1 aromatic carbocycles. The molecule has 0 aliphatic carbocycles. The van der Waals surface area contributed by atoms with Gasteiger partial charge in [0, 0.05) is 5.92 Å². The SMILES string of the molecule is Cc1ccc(F)c(C(CN)CC(=O)O)c1. The number of nitrogens with two attached hydrogens (primary N) is 1. The van der Waals surface area contributed by atoms with Crippen LogP contribution in [0.4, 0.5) is 4.39 Å². The quantitative estimate of drug-likeness (QED) is 0.796. The van der Waals surface area contributed by atoms with E-state index in [0.29, 0.717) is 5.56 Å². The van der Waals surface area contributed by atoms with E-state index < -0.39 is 17.7 Å². The first-order valence-electron chi connectivity index (χ1n) is 4.72. The maximum absolute atomic E-state index is 13.4. The van der Waals surface area contributed by atoms with Gasteiger partial charge in [-0.15, -0.1) is 0 Å². The number of aliphatic carboxylic acids is 1. The highest BCUT2D eigenvalue weighted by Gasteiger charge is 2.17. The molecule has 0 aliphatic heterocycles. The fraction of sp³-hybridized carbons (Fsp3) is 0.364. The van der Waals surface area contributed by atoms with Gasteiger partial charge in [-0.1, -0.05) is 17.7 Å². The van der Waals surface area contributed by atoms with Crippen LogP contribution in [0.1, 0.15) is 23.5 Å². The molecule has 0 spiro atoms. The molecule has 0 saturated heterocycles. The summed E-state index contributed by atoms with van der Waals surface area (Å²) in [5.41, 5.74) is 6.73. The first-order valence-corrected chi connectivity index (χ1v) is 4.72. The molecule has 4 heteroatoms. The predicted molar refractivity (Wildman–Crippen MR) is 55.2 cm³/mol. The molecular weight excluding hydrogens is 197 g/mol. The van der Waals surface area contributed by atoms with E-state index in [1.807, 2.05) is 6.92 Å². The molecule has 0 radical (unpaired) electrons. The monoisotopic (exact) mass is 211 g/mol. The van der Waals surface area contributed by atoms with Gasteiger partial charge in [0.1, 0.15) is 5.82 Å². The zero-order valence-electron chi connectivity index (χ0n) is 8.53. The Morgan fingerprint density at radius 2 is 2.27 bits per heavy atom. The fourth-order valence-electron chi connectivity index (χ4n) is 1.51. The van der Waals surface area contributed by atoms with Crippen molar-refractivity contribution in [3.63, 3.8) is 0 Å². The highest BCUT2D eigenvalue weighted by Crippen LogP contribution is 2.22. The van der Waals surface area contributed by atoms with Gasteiger partial charge in [-0.2, -0.15) is 0 Å². The third kappa shape index (κ3) is 3.02. The summed E-state index contributed by atoms with van der Waals surface area (Å²) in [6.07, 6.45) is -0.142. The average Bonchev–Trinajstić information content (AvgIpc) is 2.18. The van der Waals surface area contributed by atoms with E-state index in [2.05, 4.69) is 0 Å². The molecule has 3 N–H and O–H groups in total. The first-order chi connectivity index (χ1) is 7.04. The number of benzene rings is 1. The van der Waals surface area contributed by atoms with Crippen molar-refractivity contribution in [2.45, 2.75) is 19.3 Å². The molecule has 0 amide bonds. The Labute approximate surface area is 87.7 Å². The van der Waals surface area contributed by atoms with Crippen molar-refractivity contribution in [1.82, 2.24) is 0 Å². The maximum atomic E-state index is 13.4. The second-order valence-corrected chi connectivity index (χ2v) is 3.56. The summed E-state index contributed by atoms with van der Waals surface area (Å²) in [7, 11) is 0. The van der Waals surface area contributed by atoms with E-state index >= 15 is 0 Å². The van der Waals surface area contributed by atoms with Crippen LogP contribution in [0.15, 0.2) is 18.2 Å². The smallest absolute Gasteiger partial charge is 0.304 e. The number of hydrogen-bond donors (Lipinski definition) is 2. The normalized spacial score (nSPS) is 12.5. The fourth-order valence-corrected chi connectivity index (χ4v) is 1.51. The van der Waals surface area contributed by atoms with Gasteiger partial charge in [-0.05, 0) is 25.1 Å². The predicted octanol–water partition coefficient (Wildman–Crippen LogP) is 1.65. The maximum Gasteiger partial charge on any atom is 0.304 e. The van der Waals surface area contributed by atoms with Gasteiger partial charge < -0.3 is 10.8 Å². The van der Waals surface area contributed by atoms with Crippen LogP contribution in [0.3, 0.4) is 0 Å². The van der Waals surface area contributed by atoms with Crippen molar-refractivity contribution in [2.75, 3.05) is 6.54 Å². The standard InChI is InChI=1S/C11H14FNO2/c1-7-2-3-10(12)9(4-7)8(6-13)5-11(14)15/h2-4,8H,5-6,13H2,1H3,(H,14,15). The molecule has 3 nitrogen and oxygen atoms in total. The van der Waals surface area contributed by atoms with Gasteiger partial charge in [0.25, 0.3) is 0 Å². The Balaban J connectivity index is 3.00. The van der Waals surface area contributed by atoms with Crippen molar-refractivity contribution in [1.29, 1.82) is 0 Å². The van der Waals surface area contributed by atoms with E-state index in [4.69, 9.17) is 10.8 Å². The number of carboxylic acids is 1. The minimum absolute atomic E-state index is 0.132. The summed E-state index contributed by atoms with van der Waals surface area (Å²) in [5.74, 6) is -1.81. The minimum Gasteiger partial charge on any atom is -0.481 e. The van der Waals surface area contributed by atoms with Crippen LogP contribution < -0.4 is 5.73 Å². The molecule has 15 heavy (non-hydrogen) atoms. The van der Waals surface area contributed by atoms with Gasteiger partial charge in [0.2, 0.25) is 0 Å². The van der Waals surface area contributed by atoms with Crippen LogP contribution in [-0.2, 0) is 4.79 Å². The van der Waals surface area contributed by atoms with Gasteiger partial charge >= 0.3 is 5.97 Å². The topological polar surface area (TPSA) is 63.3 Å². The Morgan fingerprint density at radius 3 is 2.80 bits per heavy atom. The number of carbonyl (C=O) groups is 1. The Hall–Kier alpha value is -1.42. The minimum atomic E-state index is -0.966. The van der Waals surface area contributed by atoms with Crippen LogP contribution in [0.5, 0.6) is 0 Å². The summed E-state index contributed by atoms with van der Waals surface area (Å²) >= 11 is 0. The summed E-state index contributed by atoms with van der Waals surface area (Å²) in [6.45, 7) is 1.96. The average molecular weight is 211 g/mol. The van der Waals surface area contributed by atoms with Crippen LogP contribution in [-0.4, -0.2) is 17.6 Å². The Bertz CT molecular complexity index is 366. The molecular formula is C11H14FNO2. The molecule has 0 fully saturated rings. The lowest BCUT2D eigenvalue weighted by Gasteiger charge is -2.14. The van der Waals surface area contributed by atoms with Crippen molar-refractivity contribution in [3.05, 3.63) is 35.1 Å². The number of hydrogen-bond acceptors (Lipinski definition) is 2. The second-order valence-electron chi connectivity index (χ2n) is 3.56. The van der Waals surface area contributed by atoms with Crippen LogP contribution >= 0.6 is 0 Å². The van der Waals surface area contributed by atoms with E-state index in [1.54, 1.807) is 12.1 Å². The summed E-state index contributed by atoms with van der Waals surface area (Å²) < 4.78 is 13.4. The van der Waals surface area contributed by atoms with Gasteiger partial charge in [0.05, 0.1) is 6.42 Å². The summed E-state index contributed by atoms with van der Waals surface area (Å²) in [6, 6.07) is 4.64. The van der Waals surface area contributed by atoms with Crippen LogP contribution in [0.2, 0.25) is 0 Å². The number of halogens is 1. The highest BCUT2D eigenvalue weighted by molar-refractivity contribution is 5.68. The molecule has 0 aromatic heterocycles. The molecule has 0 saturated carbocycles. The first kappa shape index (κ1) is 11.7. The summed E-state index contributed by atoms with van der Waals surface area (Å²) in [4.78, 5) is 10.6. The molecule has 0 aliphatic rings. The Kier molecular flexibility index (Phi) is 3.80. The lowest BCUT2D eigenvalue weighted by atomic mass is 9.94. The van der Waals surface area contributed by atoms with Gasteiger partial charge in [-0.25, -0.2) is 4.39 Å². The van der Waals surface area contributed by atoms with Gasteiger partial charge in [0.15, 0.2) is 0 Å². The van der Waals surface area contributed by atoms with E-state index in [9.17, 15) is 9.18 Å². The molecule has 1 unspecified atom stereocenters. The van der Waals surface area contributed by atoms with Gasteiger partial charge in [-0.3, -0.25) is 4.79 Å². The molecule has 1 rings (SSSR count). The van der Waals surface area contributed by atoms with Crippen molar-refractivity contribution < 1.29 is 14.3 Å². The number of aryl methyl sites for hydroxylation is 1. The zero-order valence-corrected chi connectivity index (χ0v) is 8.53. The largest absolute Gasteiger partial charge is 0.481 e.